The van der Waals surface area contributed by atoms with Crippen LogP contribution in [0.25, 0.3) is 10.9 Å². The van der Waals surface area contributed by atoms with Crippen molar-refractivity contribution in [1.29, 1.82) is 5.41 Å². The van der Waals surface area contributed by atoms with Gasteiger partial charge in [0.05, 0.1) is 11.2 Å². The van der Waals surface area contributed by atoms with Crippen LogP contribution in [0.15, 0.2) is 95.3 Å². The monoisotopic (exact) mass is 411 g/mol. The molecule has 0 amide bonds. The Morgan fingerprint density at radius 2 is 1.61 bits per heavy atom. The smallest absolute Gasteiger partial charge is 0.176 e. The van der Waals surface area contributed by atoms with Crippen LogP contribution in [0.1, 0.15) is 16.8 Å². The van der Waals surface area contributed by atoms with E-state index in [0.717, 1.165) is 27.9 Å². The molecule has 0 bridgehead atoms. The number of nitrogens with two attached hydrogens (primary N) is 1. The summed E-state index contributed by atoms with van der Waals surface area (Å²) in [5.74, 6) is 6.36. The van der Waals surface area contributed by atoms with E-state index in [1.54, 1.807) is 18.2 Å². The molecule has 0 saturated carbocycles. The van der Waals surface area contributed by atoms with Crippen LogP contribution in [-0.4, -0.2) is 10.8 Å². The summed E-state index contributed by atoms with van der Waals surface area (Å²) in [6.07, 6.45) is 0. The summed E-state index contributed by atoms with van der Waals surface area (Å²) >= 11 is 0. The summed E-state index contributed by atoms with van der Waals surface area (Å²) in [4.78, 5) is 4.64. The number of nitrogens with zero attached hydrogens (tertiary/aromatic N) is 3. The topological polar surface area (TPSA) is 106 Å². The van der Waals surface area contributed by atoms with Crippen molar-refractivity contribution in [3.63, 3.8) is 0 Å². The number of rotatable bonds is 7. The molecule has 3 aromatic carbocycles. The highest BCUT2D eigenvalue weighted by molar-refractivity contribution is 5.96. The first-order chi connectivity index (χ1) is 15.2. The summed E-state index contributed by atoms with van der Waals surface area (Å²) in [5.41, 5.74) is 3.36. The predicted octanol–water partition coefficient (Wildman–Crippen LogP) is 5.04. The summed E-state index contributed by atoms with van der Waals surface area (Å²) < 4.78 is 11.8. The van der Waals surface area contributed by atoms with E-state index < -0.39 is 0 Å². The lowest BCUT2D eigenvalue weighted by molar-refractivity contribution is 0.293. The maximum Gasteiger partial charge on any atom is 0.176 e. The first kappa shape index (κ1) is 20.0. The molecule has 0 radical (unpaired) electrons. The van der Waals surface area contributed by atoms with E-state index in [0.29, 0.717) is 24.5 Å². The van der Waals surface area contributed by atoms with Crippen molar-refractivity contribution in [1.82, 2.24) is 4.98 Å². The van der Waals surface area contributed by atoms with Crippen molar-refractivity contribution < 1.29 is 9.47 Å². The van der Waals surface area contributed by atoms with Gasteiger partial charge in [0, 0.05) is 10.9 Å². The average Bonchev–Trinajstić information content (AvgIpc) is 2.82. The minimum atomic E-state index is -0.0225. The second kappa shape index (κ2) is 9.49. The van der Waals surface area contributed by atoms with Crippen LogP contribution in [0.2, 0.25) is 0 Å². The Kier molecular flexibility index (Phi) is 6.13. The number of amidine groups is 1. The molecule has 3 N–H and O–H groups in total. The van der Waals surface area contributed by atoms with Gasteiger partial charge in [0.25, 0.3) is 0 Å². The summed E-state index contributed by atoms with van der Waals surface area (Å²) in [6.45, 7) is 0.746. The number of pyridine rings is 1. The van der Waals surface area contributed by atoms with Crippen LogP contribution in [0, 0.1) is 5.41 Å². The van der Waals surface area contributed by atoms with E-state index in [-0.39, 0.29) is 5.84 Å². The maximum atomic E-state index is 7.79. The number of aromatic nitrogens is 1. The fourth-order valence-electron chi connectivity index (χ4n) is 3.09. The molecule has 7 heteroatoms. The fourth-order valence-corrected chi connectivity index (χ4v) is 3.09. The third kappa shape index (κ3) is 5.22. The molecule has 1 aromatic heterocycles. The normalized spacial score (nSPS) is 11.0. The molecule has 154 valence electrons. The van der Waals surface area contributed by atoms with Gasteiger partial charge < -0.3 is 15.3 Å². The first-order valence-corrected chi connectivity index (χ1v) is 9.70. The number of hydrogen-bond donors (Lipinski definition) is 2. The molecule has 0 unspecified atom stereocenters. The molecule has 0 aliphatic heterocycles. The minimum Gasteiger partial charge on any atom is -0.489 e. The molecule has 0 aliphatic carbocycles. The average molecular weight is 411 g/mol. The van der Waals surface area contributed by atoms with Crippen LogP contribution in [0.5, 0.6) is 11.5 Å². The molecular formula is C24H21N5O2. The number of hydrogen-bond acceptors (Lipinski definition) is 5. The molecule has 0 atom stereocenters. The van der Waals surface area contributed by atoms with Gasteiger partial charge in [-0.3, -0.25) is 5.41 Å². The third-order valence-electron chi connectivity index (χ3n) is 4.61. The lowest BCUT2D eigenvalue weighted by Gasteiger charge is -2.10. The maximum absolute atomic E-state index is 7.79. The lowest BCUT2D eigenvalue weighted by atomic mass is 10.2. The van der Waals surface area contributed by atoms with Crippen molar-refractivity contribution in [2.45, 2.75) is 13.2 Å². The number of para-hydroxylation sites is 1. The molecule has 31 heavy (non-hydrogen) atoms. The summed E-state index contributed by atoms with van der Waals surface area (Å²) in [6, 6.07) is 26.9. The standard InChI is InChI=1S/C24H21N5O2/c25-24(28-29-26)19-7-4-9-22(14-19)30-15-17-5-3-8-21(13-17)31-16-20-12-11-18-6-1-2-10-23(18)27-20/h1-14H,15-16H2,(H3,25,26,28). The highest BCUT2D eigenvalue weighted by Gasteiger charge is 2.05. The Morgan fingerprint density at radius 1 is 0.839 bits per heavy atom. The quantitative estimate of drug-likeness (QED) is 0.146. The van der Waals surface area contributed by atoms with Crippen LogP contribution in [-0.2, 0) is 13.2 Å². The van der Waals surface area contributed by atoms with Crippen molar-refractivity contribution in [2.24, 2.45) is 16.2 Å². The number of ether oxygens (including phenoxy) is 2. The highest BCUT2D eigenvalue weighted by Crippen LogP contribution is 2.20. The van der Waals surface area contributed by atoms with Gasteiger partial charge in [-0.15, -0.1) is 5.11 Å². The number of fused-ring (bicyclic) bond motifs is 1. The molecule has 0 spiro atoms. The van der Waals surface area contributed by atoms with Crippen LogP contribution >= 0.6 is 0 Å². The van der Waals surface area contributed by atoms with E-state index >= 15 is 0 Å². The highest BCUT2D eigenvalue weighted by atomic mass is 16.5. The molecule has 4 aromatic rings. The van der Waals surface area contributed by atoms with Crippen molar-refractivity contribution in [3.8, 4) is 11.5 Å². The SMILES string of the molecule is N=C(N=NN)c1cccc(OCc2cccc(OCc3ccc4ccccc4n3)c2)c1. The fraction of sp³-hybridized carbons (Fsp3) is 0.0833. The largest absolute Gasteiger partial charge is 0.489 e. The Bertz CT molecular complexity index is 1240. The van der Waals surface area contributed by atoms with Gasteiger partial charge in [-0.25, -0.2) is 4.98 Å². The van der Waals surface area contributed by atoms with Gasteiger partial charge in [-0.2, -0.15) is 0 Å². The van der Waals surface area contributed by atoms with Gasteiger partial charge in [0.1, 0.15) is 24.7 Å². The Balaban J connectivity index is 1.38. The molecule has 0 saturated heterocycles. The second-order valence-corrected chi connectivity index (χ2v) is 6.81. The first-order valence-electron chi connectivity index (χ1n) is 9.70. The summed E-state index contributed by atoms with van der Waals surface area (Å²) in [7, 11) is 0. The van der Waals surface area contributed by atoms with Gasteiger partial charge >= 0.3 is 0 Å². The molecule has 0 fully saturated rings. The van der Waals surface area contributed by atoms with Crippen molar-refractivity contribution in [3.05, 3.63) is 102 Å². The number of benzene rings is 3. The third-order valence-corrected chi connectivity index (χ3v) is 4.61. The number of nitrogens with one attached hydrogen (secondary N) is 1. The van der Waals surface area contributed by atoms with E-state index in [1.165, 1.54) is 0 Å². The van der Waals surface area contributed by atoms with Crippen molar-refractivity contribution in [2.75, 3.05) is 0 Å². The van der Waals surface area contributed by atoms with Gasteiger partial charge in [-0.1, -0.05) is 53.8 Å². The Hall–Kier alpha value is -4.26. The molecule has 7 nitrogen and oxygen atoms in total. The lowest BCUT2D eigenvalue weighted by Crippen LogP contribution is -2.01. The van der Waals surface area contributed by atoms with Crippen LogP contribution in [0.3, 0.4) is 0 Å². The molecule has 1 heterocycles. The van der Waals surface area contributed by atoms with Gasteiger partial charge in [0.15, 0.2) is 5.84 Å². The Labute approximate surface area is 179 Å². The zero-order chi connectivity index (χ0) is 21.5. The Morgan fingerprint density at radius 3 is 2.48 bits per heavy atom. The molecule has 4 rings (SSSR count). The second-order valence-electron chi connectivity index (χ2n) is 6.81. The van der Waals surface area contributed by atoms with Crippen molar-refractivity contribution >= 4 is 16.7 Å². The van der Waals surface area contributed by atoms with E-state index in [2.05, 4.69) is 15.3 Å². The van der Waals surface area contributed by atoms with Crippen LogP contribution in [0.4, 0.5) is 0 Å². The predicted molar refractivity (Wildman–Crippen MR) is 119 cm³/mol. The van der Waals surface area contributed by atoms with Crippen LogP contribution < -0.4 is 15.3 Å². The van der Waals surface area contributed by atoms with E-state index in [1.807, 2.05) is 66.7 Å². The van der Waals surface area contributed by atoms with E-state index in [4.69, 9.17) is 20.7 Å². The van der Waals surface area contributed by atoms with Gasteiger partial charge in [-0.05, 0) is 42.0 Å². The minimum absolute atomic E-state index is 0.0225. The zero-order valence-electron chi connectivity index (χ0n) is 16.7. The van der Waals surface area contributed by atoms with Gasteiger partial charge in [0.2, 0.25) is 0 Å². The molecular weight excluding hydrogens is 390 g/mol. The zero-order valence-corrected chi connectivity index (χ0v) is 16.7. The van der Waals surface area contributed by atoms with E-state index in [9.17, 15) is 0 Å². The molecule has 0 aliphatic rings. The summed E-state index contributed by atoms with van der Waals surface area (Å²) in [5, 5.41) is 15.6.